The Morgan fingerprint density at radius 1 is 0.971 bits per heavy atom. The van der Waals surface area contributed by atoms with E-state index in [0.717, 1.165) is 50.3 Å². The SMILES string of the molecule is CC(C)(C)OC(=O)N1CCC(NC(=O)C2CCN(c3cc(Oc4ccccc4)ncn3)CC2)CC1. The number of hydrogen-bond acceptors (Lipinski definition) is 7. The lowest BCUT2D eigenvalue weighted by Gasteiger charge is -2.35. The zero-order chi connectivity index (χ0) is 24.8. The first-order valence-electron chi connectivity index (χ1n) is 12.3. The number of benzene rings is 1. The van der Waals surface area contributed by atoms with Gasteiger partial charge in [-0.15, -0.1) is 0 Å². The number of rotatable bonds is 5. The Kier molecular flexibility index (Phi) is 7.73. The molecule has 9 heteroatoms. The Balaban J connectivity index is 1.22. The zero-order valence-corrected chi connectivity index (χ0v) is 20.8. The molecule has 0 aliphatic carbocycles. The molecule has 4 rings (SSSR count). The van der Waals surface area contributed by atoms with Gasteiger partial charge in [0.15, 0.2) is 0 Å². The third-order valence-electron chi connectivity index (χ3n) is 6.28. The molecule has 2 saturated heterocycles. The predicted octanol–water partition coefficient (Wildman–Crippen LogP) is 4.00. The third-order valence-corrected chi connectivity index (χ3v) is 6.28. The van der Waals surface area contributed by atoms with E-state index in [-0.39, 0.29) is 24.0 Å². The predicted molar refractivity (Wildman–Crippen MR) is 132 cm³/mol. The number of likely N-dealkylation sites (tertiary alicyclic amines) is 1. The summed E-state index contributed by atoms with van der Waals surface area (Å²) >= 11 is 0. The number of nitrogens with zero attached hydrogens (tertiary/aromatic N) is 4. The maximum Gasteiger partial charge on any atom is 0.410 e. The number of anilines is 1. The van der Waals surface area contributed by atoms with E-state index in [0.29, 0.717) is 19.0 Å². The van der Waals surface area contributed by atoms with Crippen molar-refractivity contribution in [2.24, 2.45) is 5.92 Å². The molecule has 2 aliphatic rings. The number of nitrogens with one attached hydrogen (secondary N) is 1. The first kappa shape index (κ1) is 24.8. The molecule has 1 N–H and O–H groups in total. The highest BCUT2D eigenvalue weighted by Crippen LogP contribution is 2.26. The number of carbonyl (C=O) groups excluding carboxylic acids is 2. The molecular weight excluding hydrogens is 446 g/mol. The number of amides is 2. The van der Waals surface area contributed by atoms with Gasteiger partial charge in [-0.3, -0.25) is 4.79 Å². The first-order chi connectivity index (χ1) is 16.8. The minimum Gasteiger partial charge on any atom is -0.444 e. The molecule has 0 atom stereocenters. The van der Waals surface area contributed by atoms with Crippen molar-refractivity contribution in [3.8, 4) is 11.6 Å². The van der Waals surface area contributed by atoms with Crippen LogP contribution in [0.2, 0.25) is 0 Å². The molecule has 0 unspecified atom stereocenters. The zero-order valence-electron chi connectivity index (χ0n) is 20.8. The van der Waals surface area contributed by atoms with Crippen LogP contribution in [0.15, 0.2) is 42.7 Å². The summed E-state index contributed by atoms with van der Waals surface area (Å²) in [6.07, 6.45) is 4.25. The molecule has 0 radical (unpaired) electrons. The minimum atomic E-state index is -0.501. The van der Waals surface area contributed by atoms with Crippen molar-refractivity contribution in [3.63, 3.8) is 0 Å². The number of carbonyl (C=O) groups is 2. The lowest BCUT2D eigenvalue weighted by atomic mass is 9.94. The van der Waals surface area contributed by atoms with Crippen molar-refractivity contribution in [2.45, 2.75) is 58.1 Å². The fourth-order valence-electron chi connectivity index (χ4n) is 4.39. The number of hydrogen-bond donors (Lipinski definition) is 1. The van der Waals surface area contributed by atoms with E-state index in [1.54, 1.807) is 4.90 Å². The monoisotopic (exact) mass is 481 g/mol. The van der Waals surface area contributed by atoms with Gasteiger partial charge in [-0.1, -0.05) is 18.2 Å². The van der Waals surface area contributed by atoms with E-state index in [9.17, 15) is 9.59 Å². The van der Waals surface area contributed by atoms with E-state index < -0.39 is 5.60 Å². The summed E-state index contributed by atoms with van der Waals surface area (Å²) in [5, 5.41) is 3.21. The maximum atomic E-state index is 12.9. The fraction of sp³-hybridized carbons (Fsp3) is 0.538. The summed E-state index contributed by atoms with van der Waals surface area (Å²) < 4.78 is 11.3. The first-order valence-corrected chi connectivity index (χ1v) is 12.3. The van der Waals surface area contributed by atoms with Crippen LogP contribution >= 0.6 is 0 Å². The van der Waals surface area contributed by atoms with E-state index in [1.165, 1.54) is 6.33 Å². The van der Waals surface area contributed by atoms with Crippen molar-refractivity contribution < 1.29 is 19.1 Å². The topological polar surface area (TPSA) is 96.9 Å². The van der Waals surface area contributed by atoms with Gasteiger partial charge in [-0.05, 0) is 58.6 Å². The Hall–Kier alpha value is -3.36. The van der Waals surface area contributed by atoms with Crippen molar-refractivity contribution in [3.05, 3.63) is 42.7 Å². The summed E-state index contributed by atoms with van der Waals surface area (Å²) in [6, 6.07) is 11.5. The number of aromatic nitrogens is 2. The molecule has 2 aromatic rings. The van der Waals surface area contributed by atoms with E-state index in [2.05, 4.69) is 20.2 Å². The number of ether oxygens (including phenoxy) is 2. The Labute approximate surface area is 206 Å². The van der Waals surface area contributed by atoms with Crippen LogP contribution in [0, 0.1) is 5.92 Å². The molecule has 0 spiro atoms. The summed E-state index contributed by atoms with van der Waals surface area (Å²) in [5.74, 6) is 2.12. The van der Waals surface area contributed by atoms with Crippen molar-refractivity contribution in [1.29, 1.82) is 0 Å². The van der Waals surface area contributed by atoms with Crippen LogP contribution in [0.4, 0.5) is 10.6 Å². The Morgan fingerprint density at radius 2 is 1.66 bits per heavy atom. The second-order valence-corrected chi connectivity index (χ2v) is 10.1. The molecule has 3 heterocycles. The smallest absolute Gasteiger partial charge is 0.410 e. The molecule has 188 valence electrons. The van der Waals surface area contributed by atoms with Crippen LogP contribution in [-0.4, -0.2) is 64.7 Å². The van der Waals surface area contributed by atoms with Crippen molar-refractivity contribution in [2.75, 3.05) is 31.1 Å². The maximum absolute atomic E-state index is 12.9. The summed E-state index contributed by atoms with van der Waals surface area (Å²) in [4.78, 5) is 37.6. The van der Waals surface area contributed by atoms with E-state index in [4.69, 9.17) is 9.47 Å². The number of para-hydroxylation sites is 1. The van der Waals surface area contributed by atoms with Crippen LogP contribution < -0.4 is 15.0 Å². The highest BCUT2D eigenvalue weighted by Gasteiger charge is 2.30. The molecule has 1 aromatic heterocycles. The summed E-state index contributed by atoms with van der Waals surface area (Å²) in [7, 11) is 0. The molecular formula is C26H35N5O4. The van der Waals surface area contributed by atoms with Gasteiger partial charge in [-0.2, -0.15) is 0 Å². The van der Waals surface area contributed by atoms with Gasteiger partial charge in [0, 0.05) is 44.2 Å². The lowest BCUT2D eigenvalue weighted by molar-refractivity contribution is -0.126. The average molecular weight is 482 g/mol. The third kappa shape index (κ3) is 7.07. The second-order valence-electron chi connectivity index (χ2n) is 10.1. The van der Waals surface area contributed by atoms with Crippen LogP contribution in [0.25, 0.3) is 0 Å². The van der Waals surface area contributed by atoms with Crippen LogP contribution in [0.1, 0.15) is 46.5 Å². The van der Waals surface area contributed by atoms with Gasteiger partial charge in [-0.25, -0.2) is 14.8 Å². The molecule has 2 amide bonds. The minimum absolute atomic E-state index is 0.0167. The van der Waals surface area contributed by atoms with Gasteiger partial charge in [0.05, 0.1) is 0 Å². The van der Waals surface area contributed by atoms with Gasteiger partial charge >= 0.3 is 6.09 Å². The van der Waals surface area contributed by atoms with Crippen LogP contribution in [0.5, 0.6) is 11.6 Å². The van der Waals surface area contributed by atoms with Crippen LogP contribution in [0.3, 0.4) is 0 Å². The molecule has 1 aromatic carbocycles. The highest BCUT2D eigenvalue weighted by atomic mass is 16.6. The fourth-order valence-corrected chi connectivity index (χ4v) is 4.39. The Bertz CT molecular complexity index is 994. The molecule has 2 aliphatic heterocycles. The standard InChI is InChI=1S/C26H35N5O4/c1-26(2,3)35-25(33)31-15-11-20(12-16-31)29-24(32)19-9-13-30(14-10-19)22-17-23(28-18-27-22)34-21-7-5-4-6-8-21/h4-8,17-20H,9-16H2,1-3H3,(H,29,32). The van der Waals surface area contributed by atoms with Gasteiger partial charge in [0.2, 0.25) is 11.8 Å². The normalized spacial score (nSPS) is 17.7. The average Bonchev–Trinajstić information content (AvgIpc) is 2.84. The van der Waals surface area contributed by atoms with Gasteiger partial charge < -0.3 is 24.6 Å². The van der Waals surface area contributed by atoms with Gasteiger partial charge in [0.1, 0.15) is 23.5 Å². The molecule has 0 saturated carbocycles. The van der Waals surface area contributed by atoms with E-state index >= 15 is 0 Å². The molecule has 35 heavy (non-hydrogen) atoms. The summed E-state index contributed by atoms with van der Waals surface area (Å²) in [5.41, 5.74) is -0.501. The molecule has 9 nitrogen and oxygen atoms in total. The van der Waals surface area contributed by atoms with Crippen molar-refractivity contribution >= 4 is 17.8 Å². The van der Waals surface area contributed by atoms with E-state index in [1.807, 2.05) is 57.2 Å². The number of piperidine rings is 2. The van der Waals surface area contributed by atoms with Crippen molar-refractivity contribution in [1.82, 2.24) is 20.2 Å². The highest BCUT2D eigenvalue weighted by molar-refractivity contribution is 5.79. The lowest BCUT2D eigenvalue weighted by Crippen LogP contribution is -2.50. The quantitative estimate of drug-likeness (QED) is 0.689. The largest absolute Gasteiger partial charge is 0.444 e. The second kappa shape index (κ2) is 10.9. The summed E-state index contributed by atoms with van der Waals surface area (Å²) in [6.45, 7) is 8.29. The molecule has 2 fully saturated rings. The van der Waals surface area contributed by atoms with Gasteiger partial charge in [0.25, 0.3) is 0 Å². The van der Waals surface area contributed by atoms with Crippen LogP contribution in [-0.2, 0) is 9.53 Å². The Morgan fingerprint density at radius 3 is 2.31 bits per heavy atom. The molecule has 0 bridgehead atoms.